The van der Waals surface area contributed by atoms with Gasteiger partial charge in [-0.2, -0.15) is 13.2 Å². The van der Waals surface area contributed by atoms with E-state index in [1.54, 1.807) is 32.0 Å². The van der Waals surface area contributed by atoms with Crippen molar-refractivity contribution in [1.82, 2.24) is 15.0 Å². The average Bonchev–Trinajstić information content (AvgIpc) is 2.66. The maximum absolute atomic E-state index is 13.8. The third kappa shape index (κ3) is 5.15. The molecule has 0 saturated carbocycles. The van der Waals surface area contributed by atoms with Crippen LogP contribution < -0.4 is 9.46 Å². The molecule has 3 rings (SSSR count). The standard InChI is InChI=1S/C19H19F3N4O3S/c1-3-10-30(27,28)26-17-18(25-15-7-5-4-6-14(15)24-17)29-16(19(20,21)22)13-9-8-12(2)23-11-13/h4-9,11,16H,3,10H2,1-2H3,(H,24,26)/t16-/m0/s1. The number of hydrogen-bond acceptors (Lipinski definition) is 6. The molecule has 3 aromatic rings. The van der Waals surface area contributed by atoms with E-state index in [1.165, 1.54) is 18.2 Å². The van der Waals surface area contributed by atoms with Crippen molar-refractivity contribution in [2.24, 2.45) is 0 Å². The van der Waals surface area contributed by atoms with Crippen molar-refractivity contribution >= 4 is 26.9 Å². The number of aromatic nitrogens is 3. The fourth-order valence-corrected chi connectivity index (χ4v) is 3.74. The number of hydrogen-bond donors (Lipinski definition) is 1. The Morgan fingerprint density at radius 3 is 2.33 bits per heavy atom. The Kier molecular flexibility index (Phi) is 6.11. The van der Waals surface area contributed by atoms with Crippen LogP contribution in [-0.4, -0.2) is 35.3 Å². The molecule has 1 atom stereocenters. The summed E-state index contributed by atoms with van der Waals surface area (Å²) in [7, 11) is -3.84. The van der Waals surface area contributed by atoms with Gasteiger partial charge < -0.3 is 4.74 Å². The first-order valence-corrected chi connectivity index (χ1v) is 10.7. The zero-order valence-electron chi connectivity index (χ0n) is 16.1. The van der Waals surface area contributed by atoms with Gasteiger partial charge in [-0.15, -0.1) is 0 Å². The summed E-state index contributed by atoms with van der Waals surface area (Å²) in [5.74, 6) is -1.21. The predicted octanol–water partition coefficient (Wildman–Crippen LogP) is 4.17. The van der Waals surface area contributed by atoms with Crippen LogP contribution >= 0.6 is 0 Å². The van der Waals surface area contributed by atoms with Gasteiger partial charge in [-0.3, -0.25) is 9.71 Å². The summed E-state index contributed by atoms with van der Waals surface area (Å²) in [5, 5.41) is 0. The number of pyridine rings is 1. The summed E-state index contributed by atoms with van der Waals surface area (Å²) < 4.78 is 73.1. The summed E-state index contributed by atoms with van der Waals surface area (Å²) in [4.78, 5) is 12.1. The molecule has 0 unspecified atom stereocenters. The molecule has 0 aliphatic heterocycles. The molecule has 0 saturated heterocycles. The Morgan fingerprint density at radius 1 is 1.10 bits per heavy atom. The van der Waals surface area contributed by atoms with Crippen LogP contribution in [0.3, 0.4) is 0 Å². The van der Waals surface area contributed by atoms with Gasteiger partial charge in [0, 0.05) is 17.5 Å². The van der Waals surface area contributed by atoms with E-state index in [2.05, 4.69) is 19.7 Å². The summed E-state index contributed by atoms with van der Waals surface area (Å²) in [6, 6.07) is 9.06. The first-order valence-electron chi connectivity index (χ1n) is 9.02. The maximum Gasteiger partial charge on any atom is 0.429 e. The van der Waals surface area contributed by atoms with Gasteiger partial charge in [0.2, 0.25) is 21.9 Å². The first kappa shape index (κ1) is 21.8. The minimum atomic E-state index is -4.80. The Bertz CT molecular complexity index is 1140. The lowest BCUT2D eigenvalue weighted by Crippen LogP contribution is -2.27. The monoisotopic (exact) mass is 440 g/mol. The Balaban J connectivity index is 2.09. The summed E-state index contributed by atoms with van der Waals surface area (Å²) in [6.07, 6.45) is -5.84. The number of nitrogens with one attached hydrogen (secondary N) is 1. The van der Waals surface area contributed by atoms with E-state index in [-0.39, 0.29) is 16.8 Å². The number of benzene rings is 1. The molecule has 2 aromatic heterocycles. The highest BCUT2D eigenvalue weighted by Crippen LogP contribution is 2.38. The Hall–Kier alpha value is -2.95. The summed E-state index contributed by atoms with van der Waals surface area (Å²) in [6.45, 7) is 3.30. The number of halogens is 3. The molecule has 1 aromatic carbocycles. The van der Waals surface area contributed by atoms with Gasteiger partial charge in [0.1, 0.15) is 0 Å². The van der Waals surface area contributed by atoms with E-state index in [4.69, 9.17) is 4.74 Å². The topological polar surface area (TPSA) is 94.1 Å². The molecular weight excluding hydrogens is 421 g/mol. The predicted molar refractivity (Wildman–Crippen MR) is 106 cm³/mol. The van der Waals surface area contributed by atoms with Gasteiger partial charge in [-0.1, -0.05) is 25.1 Å². The highest BCUT2D eigenvalue weighted by Gasteiger charge is 2.44. The average molecular weight is 440 g/mol. The number of fused-ring (bicyclic) bond motifs is 1. The lowest BCUT2D eigenvalue weighted by Gasteiger charge is -2.22. The summed E-state index contributed by atoms with van der Waals surface area (Å²) >= 11 is 0. The SMILES string of the molecule is CCCS(=O)(=O)Nc1nc2ccccc2nc1O[C@@H](c1ccc(C)nc1)C(F)(F)F. The molecule has 160 valence electrons. The molecule has 0 radical (unpaired) electrons. The molecule has 0 amide bonds. The van der Waals surface area contributed by atoms with Crippen molar-refractivity contribution in [3.63, 3.8) is 0 Å². The quantitative estimate of drug-likeness (QED) is 0.593. The van der Waals surface area contributed by atoms with Gasteiger partial charge in [0.15, 0.2) is 0 Å². The third-order valence-corrected chi connectivity index (χ3v) is 5.48. The first-order chi connectivity index (χ1) is 14.1. The maximum atomic E-state index is 13.8. The van der Waals surface area contributed by atoms with Crippen LogP contribution in [-0.2, 0) is 10.0 Å². The van der Waals surface area contributed by atoms with Crippen molar-refractivity contribution in [1.29, 1.82) is 0 Å². The van der Waals surface area contributed by atoms with Crippen LogP contribution in [0.1, 0.15) is 30.7 Å². The second-order valence-corrected chi connectivity index (χ2v) is 8.40. The van der Waals surface area contributed by atoms with E-state index in [9.17, 15) is 21.6 Å². The number of ether oxygens (including phenoxy) is 1. The van der Waals surface area contributed by atoms with Crippen LogP contribution in [0, 0.1) is 6.92 Å². The zero-order chi connectivity index (χ0) is 21.9. The van der Waals surface area contributed by atoms with Crippen LogP contribution in [0.15, 0.2) is 42.6 Å². The molecule has 11 heteroatoms. The number of nitrogens with zero attached hydrogens (tertiary/aromatic N) is 3. The third-order valence-electron chi connectivity index (χ3n) is 4.03. The van der Waals surface area contributed by atoms with Crippen LogP contribution in [0.2, 0.25) is 0 Å². The van der Waals surface area contributed by atoms with E-state index in [1.807, 2.05) is 0 Å². The van der Waals surface area contributed by atoms with Crippen molar-refractivity contribution in [2.45, 2.75) is 32.5 Å². The number of rotatable bonds is 7. The number of sulfonamides is 1. The van der Waals surface area contributed by atoms with Crippen LogP contribution in [0.5, 0.6) is 5.88 Å². The van der Waals surface area contributed by atoms with Gasteiger partial charge in [-0.05, 0) is 31.5 Å². The minimum absolute atomic E-state index is 0.231. The number of anilines is 1. The Labute approximate surface area is 171 Å². The number of aryl methyl sites for hydroxylation is 1. The van der Waals surface area contributed by atoms with Gasteiger partial charge in [0.05, 0.1) is 16.8 Å². The molecule has 0 bridgehead atoms. The second-order valence-electron chi connectivity index (χ2n) is 6.56. The molecule has 1 N–H and O–H groups in total. The van der Waals surface area contributed by atoms with Gasteiger partial charge >= 0.3 is 6.18 Å². The van der Waals surface area contributed by atoms with Crippen molar-refractivity contribution in [3.05, 3.63) is 53.9 Å². The molecular formula is C19H19F3N4O3S. The van der Waals surface area contributed by atoms with E-state index in [0.29, 0.717) is 17.6 Å². The zero-order valence-corrected chi connectivity index (χ0v) is 17.0. The molecule has 2 heterocycles. The fraction of sp³-hybridized carbons (Fsp3) is 0.316. The normalized spacial score (nSPS) is 13.2. The Morgan fingerprint density at radius 2 is 1.77 bits per heavy atom. The van der Waals surface area contributed by atoms with E-state index in [0.717, 1.165) is 6.20 Å². The van der Waals surface area contributed by atoms with Crippen LogP contribution in [0.25, 0.3) is 11.0 Å². The molecule has 0 fully saturated rings. The van der Waals surface area contributed by atoms with Crippen LogP contribution in [0.4, 0.5) is 19.0 Å². The lowest BCUT2D eigenvalue weighted by atomic mass is 10.1. The smallest absolute Gasteiger partial charge is 0.429 e. The summed E-state index contributed by atoms with van der Waals surface area (Å²) in [5.41, 5.74) is 0.858. The molecule has 0 aliphatic rings. The second kappa shape index (κ2) is 8.42. The number of alkyl halides is 3. The fourth-order valence-electron chi connectivity index (χ4n) is 2.67. The lowest BCUT2D eigenvalue weighted by molar-refractivity contribution is -0.198. The molecule has 0 spiro atoms. The van der Waals surface area contributed by atoms with Gasteiger partial charge in [-0.25, -0.2) is 18.4 Å². The molecule has 7 nitrogen and oxygen atoms in total. The largest absolute Gasteiger partial charge is 0.457 e. The highest BCUT2D eigenvalue weighted by molar-refractivity contribution is 7.92. The van der Waals surface area contributed by atoms with E-state index >= 15 is 0 Å². The highest BCUT2D eigenvalue weighted by atomic mass is 32.2. The molecule has 0 aliphatic carbocycles. The minimum Gasteiger partial charge on any atom is -0.457 e. The van der Waals surface area contributed by atoms with Gasteiger partial charge in [0.25, 0.3) is 5.88 Å². The van der Waals surface area contributed by atoms with E-state index < -0.39 is 34.0 Å². The van der Waals surface area contributed by atoms with Crippen molar-refractivity contribution in [3.8, 4) is 5.88 Å². The van der Waals surface area contributed by atoms with Crippen molar-refractivity contribution < 1.29 is 26.3 Å². The number of para-hydroxylation sites is 2. The molecule has 30 heavy (non-hydrogen) atoms. The van der Waals surface area contributed by atoms with Crippen molar-refractivity contribution in [2.75, 3.05) is 10.5 Å².